The molecule has 0 saturated carbocycles. The highest BCUT2D eigenvalue weighted by atomic mass is 32.2. The van der Waals surface area contributed by atoms with Gasteiger partial charge in [0.15, 0.2) is 9.84 Å². The first-order valence-electron chi connectivity index (χ1n) is 11.4. The lowest BCUT2D eigenvalue weighted by atomic mass is 9.94. The SMILES string of the molecule is Cc1ccc(C(CC(=O)Cc2ccccc2-c2ccccc2)S(=O)(=O)c2ccc(C)cc2)cc1. The Morgan fingerprint density at radius 3 is 1.91 bits per heavy atom. The van der Waals surface area contributed by atoms with E-state index < -0.39 is 15.1 Å². The summed E-state index contributed by atoms with van der Waals surface area (Å²) in [6, 6.07) is 32.0. The highest BCUT2D eigenvalue weighted by Gasteiger charge is 2.31. The summed E-state index contributed by atoms with van der Waals surface area (Å²) in [5.41, 5.74) is 5.58. The Bertz CT molecular complexity index is 1370. The van der Waals surface area contributed by atoms with Crippen molar-refractivity contribution in [1.82, 2.24) is 0 Å². The number of rotatable bonds is 8. The zero-order chi connectivity index (χ0) is 24.1. The van der Waals surface area contributed by atoms with Crippen LogP contribution >= 0.6 is 0 Å². The molecular weight excluding hydrogens is 440 g/mol. The minimum Gasteiger partial charge on any atom is -0.299 e. The summed E-state index contributed by atoms with van der Waals surface area (Å²) in [4.78, 5) is 13.6. The summed E-state index contributed by atoms with van der Waals surface area (Å²) in [6.07, 6.45) is 0.0965. The van der Waals surface area contributed by atoms with E-state index in [1.165, 1.54) is 0 Å². The van der Waals surface area contributed by atoms with Crippen molar-refractivity contribution >= 4 is 15.6 Å². The summed E-state index contributed by atoms with van der Waals surface area (Å²) in [5.74, 6) is -0.107. The quantitative estimate of drug-likeness (QED) is 0.290. The first-order chi connectivity index (χ1) is 16.3. The van der Waals surface area contributed by atoms with Crippen molar-refractivity contribution < 1.29 is 13.2 Å². The van der Waals surface area contributed by atoms with Gasteiger partial charge in [0.05, 0.1) is 10.1 Å². The molecule has 0 saturated heterocycles. The third kappa shape index (κ3) is 5.35. The highest BCUT2D eigenvalue weighted by molar-refractivity contribution is 7.91. The van der Waals surface area contributed by atoms with Crippen molar-refractivity contribution in [3.63, 3.8) is 0 Å². The molecule has 34 heavy (non-hydrogen) atoms. The van der Waals surface area contributed by atoms with E-state index in [-0.39, 0.29) is 23.5 Å². The molecule has 172 valence electrons. The van der Waals surface area contributed by atoms with E-state index in [2.05, 4.69) is 0 Å². The molecule has 0 aliphatic rings. The molecule has 0 spiro atoms. The molecule has 0 bridgehead atoms. The first kappa shape index (κ1) is 23.7. The third-order valence-corrected chi connectivity index (χ3v) is 8.19. The van der Waals surface area contributed by atoms with Gasteiger partial charge >= 0.3 is 0 Å². The molecule has 1 atom stereocenters. The average molecular weight is 469 g/mol. The molecule has 0 amide bonds. The lowest BCUT2D eigenvalue weighted by Crippen LogP contribution is -2.19. The molecule has 0 aliphatic heterocycles. The van der Waals surface area contributed by atoms with Crippen LogP contribution in [0.15, 0.2) is 108 Å². The number of carbonyl (C=O) groups is 1. The highest BCUT2D eigenvalue weighted by Crippen LogP contribution is 2.33. The normalized spacial score (nSPS) is 12.3. The maximum absolute atomic E-state index is 13.7. The van der Waals surface area contributed by atoms with Crippen LogP contribution in [0.1, 0.15) is 33.9 Å². The van der Waals surface area contributed by atoms with E-state index in [9.17, 15) is 13.2 Å². The molecule has 0 N–H and O–H groups in total. The summed E-state index contributed by atoms with van der Waals surface area (Å²) in [6.45, 7) is 3.88. The fourth-order valence-corrected chi connectivity index (χ4v) is 5.91. The Labute approximate surface area is 202 Å². The Morgan fingerprint density at radius 2 is 1.26 bits per heavy atom. The molecule has 0 aromatic heterocycles. The van der Waals surface area contributed by atoms with Crippen LogP contribution in [-0.4, -0.2) is 14.2 Å². The van der Waals surface area contributed by atoms with Crippen molar-refractivity contribution in [2.75, 3.05) is 0 Å². The minimum absolute atomic E-state index is 0.0810. The summed E-state index contributed by atoms with van der Waals surface area (Å²) in [5, 5.41) is -0.938. The van der Waals surface area contributed by atoms with Crippen molar-refractivity contribution in [3.05, 3.63) is 125 Å². The van der Waals surface area contributed by atoms with Crippen LogP contribution in [0, 0.1) is 13.8 Å². The van der Waals surface area contributed by atoms with Crippen LogP contribution < -0.4 is 0 Å². The van der Waals surface area contributed by atoms with Crippen LogP contribution in [0.5, 0.6) is 0 Å². The van der Waals surface area contributed by atoms with E-state index in [1.807, 2.05) is 92.7 Å². The zero-order valence-electron chi connectivity index (χ0n) is 19.4. The summed E-state index contributed by atoms with van der Waals surface area (Å²) < 4.78 is 27.3. The van der Waals surface area contributed by atoms with E-state index in [0.717, 1.165) is 27.8 Å². The van der Waals surface area contributed by atoms with Crippen molar-refractivity contribution in [1.29, 1.82) is 0 Å². The smallest absolute Gasteiger partial charge is 0.185 e. The number of aryl methyl sites for hydroxylation is 2. The maximum Gasteiger partial charge on any atom is 0.185 e. The monoisotopic (exact) mass is 468 g/mol. The fourth-order valence-electron chi connectivity index (χ4n) is 4.15. The largest absolute Gasteiger partial charge is 0.299 e. The Morgan fingerprint density at radius 1 is 0.706 bits per heavy atom. The average Bonchev–Trinajstić information content (AvgIpc) is 2.84. The number of ketones is 1. The molecule has 0 aliphatic carbocycles. The standard InChI is InChI=1S/C30H28O3S/c1-22-12-16-25(17-13-22)30(34(32,33)28-18-14-23(2)15-19-28)21-27(31)20-26-10-6-7-11-29(26)24-8-4-3-5-9-24/h3-19,30H,20-21H2,1-2H3. The van der Waals surface area contributed by atoms with Crippen molar-refractivity contribution in [2.45, 2.75) is 36.8 Å². The molecular formula is C30H28O3S. The third-order valence-electron chi connectivity index (χ3n) is 6.08. The molecule has 0 heterocycles. The van der Waals surface area contributed by atoms with E-state index in [1.54, 1.807) is 24.3 Å². The van der Waals surface area contributed by atoms with Gasteiger partial charge in [0.2, 0.25) is 0 Å². The second-order valence-corrected chi connectivity index (χ2v) is 10.8. The zero-order valence-corrected chi connectivity index (χ0v) is 20.3. The first-order valence-corrected chi connectivity index (χ1v) is 12.9. The van der Waals surface area contributed by atoms with Gasteiger partial charge in [0.25, 0.3) is 0 Å². The lowest BCUT2D eigenvalue weighted by Gasteiger charge is -2.19. The van der Waals surface area contributed by atoms with Crippen LogP contribution in [0.3, 0.4) is 0 Å². The molecule has 1 unspecified atom stereocenters. The minimum atomic E-state index is -3.75. The second kappa shape index (κ2) is 10.2. The Hall–Kier alpha value is -3.50. The topological polar surface area (TPSA) is 51.2 Å². The van der Waals surface area contributed by atoms with Gasteiger partial charge in [-0.1, -0.05) is 102 Å². The summed E-state index contributed by atoms with van der Waals surface area (Å²) >= 11 is 0. The predicted octanol–water partition coefficient (Wildman–Crippen LogP) is 6.69. The van der Waals surface area contributed by atoms with Gasteiger partial charge in [-0.15, -0.1) is 0 Å². The van der Waals surface area contributed by atoms with Gasteiger partial charge in [0.1, 0.15) is 5.78 Å². The van der Waals surface area contributed by atoms with Crippen LogP contribution in [0.4, 0.5) is 0 Å². The number of carbonyl (C=O) groups excluding carboxylic acids is 1. The predicted molar refractivity (Wildman–Crippen MR) is 137 cm³/mol. The van der Waals surface area contributed by atoms with Crippen LogP contribution in [-0.2, 0) is 21.1 Å². The molecule has 0 fully saturated rings. The molecule has 0 radical (unpaired) electrons. The number of benzene rings is 4. The molecule has 4 rings (SSSR count). The van der Waals surface area contributed by atoms with Gasteiger partial charge < -0.3 is 0 Å². The molecule has 4 aromatic rings. The van der Waals surface area contributed by atoms with Crippen LogP contribution in [0.2, 0.25) is 0 Å². The van der Waals surface area contributed by atoms with Crippen LogP contribution in [0.25, 0.3) is 11.1 Å². The van der Waals surface area contributed by atoms with E-state index >= 15 is 0 Å². The van der Waals surface area contributed by atoms with E-state index in [4.69, 9.17) is 0 Å². The molecule has 3 nitrogen and oxygen atoms in total. The Balaban J connectivity index is 1.66. The molecule has 4 aromatic carbocycles. The van der Waals surface area contributed by atoms with Crippen molar-refractivity contribution in [3.8, 4) is 11.1 Å². The van der Waals surface area contributed by atoms with Gasteiger partial charge in [-0.3, -0.25) is 4.79 Å². The molecule has 4 heteroatoms. The number of sulfone groups is 1. The van der Waals surface area contributed by atoms with Crippen molar-refractivity contribution in [2.24, 2.45) is 0 Å². The van der Waals surface area contributed by atoms with Gasteiger partial charge in [-0.05, 0) is 48.2 Å². The Kier molecular flexibility index (Phi) is 7.09. The fraction of sp³-hybridized carbons (Fsp3) is 0.167. The van der Waals surface area contributed by atoms with Gasteiger partial charge in [0, 0.05) is 12.8 Å². The maximum atomic E-state index is 13.7. The van der Waals surface area contributed by atoms with Gasteiger partial charge in [-0.2, -0.15) is 0 Å². The van der Waals surface area contributed by atoms with E-state index in [0.29, 0.717) is 5.56 Å². The second-order valence-electron chi connectivity index (χ2n) is 8.70. The van der Waals surface area contributed by atoms with Gasteiger partial charge in [-0.25, -0.2) is 8.42 Å². The number of hydrogen-bond donors (Lipinski definition) is 0. The summed E-state index contributed by atoms with van der Waals surface area (Å²) in [7, 11) is -3.75. The number of hydrogen-bond acceptors (Lipinski definition) is 3. The number of Topliss-reactive ketones (excluding diaryl/α,β-unsaturated/α-hetero) is 1. The lowest BCUT2D eigenvalue weighted by molar-refractivity contribution is -0.118.